The first kappa shape index (κ1) is 19.4. The minimum Gasteiger partial charge on any atom is -0.369 e. The van der Waals surface area contributed by atoms with Crippen LogP contribution >= 0.6 is 11.3 Å². The molecule has 0 spiro atoms. The first-order valence-electron chi connectivity index (χ1n) is 10.4. The van der Waals surface area contributed by atoms with Crippen LogP contribution in [-0.4, -0.2) is 61.5 Å². The van der Waals surface area contributed by atoms with Gasteiger partial charge in [-0.05, 0) is 61.6 Å². The van der Waals surface area contributed by atoms with Crippen molar-refractivity contribution in [3.05, 3.63) is 46.7 Å². The molecule has 2 saturated heterocycles. The first-order valence-corrected chi connectivity index (χ1v) is 11.3. The lowest BCUT2D eigenvalue weighted by molar-refractivity contribution is -0.117. The highest BCUT2D eigenvalue weighted by atomic mass is 32.1. The number of nitrogens with one attached hydrogen (secondary N) is 1. The van der Waals surface area contributed by atoms with Crippen molar-refractivity contribution in [1.82, 2.24) is 9.80 Å². The molecule has 2 fully saturated rings. The lowest BCUT2D eigenvalue weighted by Crippen LogP contribution is -2.46. The van der Waals surface area contributed by atoms with E-state index in [1.807, 2.05) is 12.1 Å². The van der Waals surface area contributed by atoms with Crippen molar-refractivity contribution in [2.75, 3.05) is 56.0 Å². The predicted octanol–water partition coefficient (Wildman–Crippen LogP) is 3.67. The molecule has 1 atom stereocenters. The molecule has 2 aliphatic rings. The van der Waals surface area contributed by atoms with Crippen LogP contribution in [0.1, 0.15) is 30.7 Å². The van der Waals surface area contributed by atoms with Gasteiger partial charge in [0.15, 0.2) is 0 Å². The topological polar surface area (TPSA) is 38.8 Å². The van der Waals surface area contributed by atoms with Gasteiger partial charge in [-0.25, -0.2) is 0 Å². The number of amides is 1. The van der Waals surface area contributed by atoms with E-state index in [0.717, 1.165) is 57.8 Å². The number of hydrogen-bond donors (Lipinski definition) is 1. The van der Waals surface area contributed by atoms with Crippen molar-refractivity contribution in [2.45, 2.75) is 25.8 Å². The smallest absolute Gasteiger partial charge is 0.238 e. The van der Waals surface area contributed by atoms with E-state index in [1.54, 1.807) is 11.3 Å². The van der Waals surface area contributed by atoms with Gasteiger partial charge in [-0.15, -0.1) is 11.3 Å². The Morgan fingerprint density at radius 2 is 1.89 bits per heavy atom. The summed E-state index contributed by atoms with van der Waals surface area (Å²) in [5, 5.41) is 5.20. The number of anilines is 2. The molecular weight excluding hydrogens is 368 g/mol. The molecule has 0 bridgehead atoms. The summed E-state index contributed by atoms with van der Waals surface area (Å²) < 4.78 is 0. The number of carbonyl (C=O) groups excluding carboxylic acids is 1. The van der Waals surface area contributed by atoms with Crippen LogP contribution in [0.25, 0.3) is 0 Å². The summed E-state index contributed by atoms with van der Waals surface area (Å²) in [4.78, 5) is 21.2. The summed E-state index contributed by atoms with van der Waals surface area (Å²) in [5.41, 5.74) is 2.12. The van der Waals surface area contributed by atoms with E-state index in [9.17, 15) is 4.79 Å². The highest BCUT2D eigenvalue weighted by Crippen LogP contribution is 2.34. The van der Waals surface area contributed by atoms with Gasteiger partial charge in [0.25, 0.3) is 0 Å². The van der Waals surface area contributed by atoms with Crippen molar-refractivity contribution >= 4 is 28.6 Å². The average Bonchev–Trinajstić information content (AvgIpc) is 3.40. The number of nitrogens with zero attached hydrogens (tertiary/aromatic N) is 3. The van der Waals surface area contributed by atoms with Crippen LogP contribution in [0.15, 0.2) is 41.8 Å². The summed E-state index contributed by atoms with van der Waals surface area (Å²) in [6.45, 7) is 9.19. The van der Waals surface area contributed by atoms with Crippen LogP contribution in [0.4, 0.5) is 11.4 Å². The Bertz CT molecular complexity index is 753. The maximum Gasteiger partial charge on any atom is 0.238 e. The van der Waals surface area contributed by atoms with Gasteiger partial charge < -0.3 is 15.1 Å². The van der Waals surface area contributed by atoms with E-state index >= 15 is 0 Å². The van der Waals surface area contributed by atoms with Crippen molar-refractivity contribution < 1.29 is 4.79 Å². The number of likely N-dealkylation sites (N-methyl/N-ethyl adjacent to an activating group) is 1. The molecule has 150 valence electrons. The van der Waals surface area contributed by atoms with E-state index < -0.39 is 0 Å². The molecular formula is C22H30N4OS. The van der Waals surface area contributed by atoms with Crippen molar-refractivity contribution in [3.8, 4) is 0 Å². The van der Waals surface area contributed by atoms with Crippen molar-refractivity contribution in [2.24, 2.45) is 0 Å². The third-order valence-corrected chi connectivity index (χ3v) is 6.89. The highest BCUT2D eigenvalue weighted by Gasteiger charge is 2.28. The van der Waals surface area contributed by atoms with Crippen LogP contribution in [-0.2, 0) is 4.79 Å². The molecule has 28 heavy (non-hydrogen) atoms. The Morgan fingerprint density at radius 1 is 1.11 bits per heavy atom. The number of thiophene rings is 1. The van der Waals surface area contributed by atoms with Gasteiger partial charge >= 0.3 is 0 Å². The molecule has 0 unspecified atom stereocenters. The number of piperazine rings is 1. The summed E-state index contributed by atoms with van der Waals surface area (Å²) in [7, 11) is 0. The van der Waals surface area contributed by atoms with Crippen LogP contribution in [0, 0.1) is 0 Å². The molecule has 1 amide bonds. The lowest BCUT2D eigenvalue weighted by Gasteiger charge is -2.35. The third-order valence-electron chi connectivity index (χ3n) is 5.92. The molecule has 6 heteroatoms. The number of hydrogen-bond acceptors (Lipinski definition) is 5. The number of rotatable bonds is 6. The molecule has 0 radical (unpaired) electrons. The van der Waals surface area contributed by atoms with Gasteiger partial charge in [-0.3, -0.25) is 9.69 Å². The Hall–Kier alpha value is -1.89. The van der Waals surface area contributed by atoms with Crippen molar-refractivity contribution in [3.63, 3.8) is 0 Å². The van der Waals surface area contributed by atoms with Crippen LogP contribution < -0.4 is 10.2 Å². The summed E-state index contributed by atoms with van der Waals surface area (Å²) in [5.74, 6) is 0.0766. The standard InChI is InChI=1S/C22H30N4OS/c1-2-24-12-14-25(15-13-24)19-9-7-18(8-10-19)23-22(27)17-26-11-3-5-20(26)21-6-4-16-28-21/h4,6-10,16,20H,2-3,5,11-15,17H2,1H3,(H,23,27)/t20-/m1/s1. The van der Waals surface area contributed by atoms with Gasteiger partial charge in [0.2, 0.25) is 5.91 Å². The zero-order valence-corrected chi connectivity index (χ0v) is 17.5. The second-order valence-corrected chi connectivity index (χ2v) is 8.64. The molecule has 4 rings (SSSR count). The zero-order chi connectivity index (χ0) is 19.3. The summed E-state index contributed by atoms with van der Waals surface area (Å²) in [6.07, 6.45) is 2.31. The fraction of sp³-hybridized carbons (Fsp3) is 0.500. The Labute approximate surface area is 171 Å². The molecule has 0 saturated carbocycles. The van der Waals surface area contributed by atoms with Crippen LogP contribution in [0.5, 0.6) is 0 Å². The van der Waals surface area contributed by atoms with Crippen LogP contribution in [0.3, 0.4) is 0 Å². The highest BCUT2D eigenvalue weighted by molar-refractivity contribution is 7.10. The van der Waals surface area contributed by atoms with Gasteiger partial charge in [-0.2, -0.15) is 0 Å². The Kier molecular flexibility index (Phi) is 6.29. The number of likely N-dealkylation sites (tertiary alicyclic amines) is 1. The SMILES string of the molecule is CCN1CCN(c2ccc(NC(=O)CN3CCC[C@@H]3c3cccs3)cc2)CC1. The third kappa shape index (κ3) is 4.57. The average molecular weight is 399 g/mol. The van der Waals surface area contributed by atoms with E-state index in [2.05, 4.69) is 56.6 Å². The van der Waals surface area contributed by atoms with Crippen LogP contribution in [0.2, 0.25) is 0 Å². The maximum atomic E-state index is 12.6. The Morgan fingerprint density at radius 3 is 2.57 bits per heavy atom. The Balaban J connectivity index is 1.30. The van der Waals surface area contributed by atoms with Gasteiger partial charge in [0.05, 0.1) is 6.54 Å². The molecule has 1 N–H and O–H groups in total. The number of benzene rings is 1. The van der Waals surface area contributed by atoms with Crippen molar-refractivity contribution in [1.29, 1.82) is 0 Å². The minimum atomic E-state index is 0.0766. The van der Waals surface area contributed by atoms with Gasteiger partial charge in [0.1, 0.15) is 0 Å². The normalized spacial score (nSPS) is 21.2. The first-order chi connectivity index (χ1) is 13.7. The number of carbonyl (C=O) groups is 1. The second-order valence-electron chi connectivity index (χ2n) is 7.66. The zero-order valence-electron chi connectivity index (χ0n) is 16.6. The summed E-state index contributed by atoms with van der Waals surface area (Å²) >= 11 is 1.79. The predicted molar refractivity (Wildman–Crippen MR) is 117 cm³/mol. The monoisotopic (exact) mass is 398 g/mol. The molecule has 2 aromatic rings. The van der Waals surface area contributed by atoms with E-state index in [0.29, 0.717) is 12.6 Å². The summed E-state index contributed by atoms with van der Waals surface area (Å²) in [6, 6.07) is 13.0. The van der Waals surface area contributed by atoms with Gasteiger partial charge in [-0.1, -0.05) is 13.0 Å². The minimum absolute atomic E-state index is 0.0766. The van der Waals surface area contributed by atoms with Gasteiger partial charge in [0, 0.05) is 48.5 Å². The lowest BCUT2D eigenvalue weighted by atomic mass is 10.2. The largest absolute Gasteiger partial charge is 0.369 e. The van der Waals surface area contributed by atoms with E-state index in [4.69, 9.17) is 0 Å². The second kappa shape index (κ2) is 9.07. The van der Waals surface area contributed by atoms with E-state index in [1.165, 1.54) is 10.6 Å². The fourth-order valence-electron chi connectivity index (χ4n) is 4.28. The molecule has 0 aliphatic carbocycles. The quantitative estimate of drug-likeness (QED) is 0.806. The molecule has 5 nitrogen and oxygen atoms in total. The molecule has 1 aromatic carbocycles. The van der Waals surface area contributed by atoms with E-state index in [-0.39, 0.29) is 5.91 Å². The fourth-order valence-corrected chi connectivity index (χ4v) is 5.18. The molecule has 1 aromatic heterocycles. The molecule has 2 aliphatic heterocycles. The maximum absolute atomic E-state index is 12.6. The molecule has 3 heterocycles.